The molecule has 2 aromatic rings. The molecule has 4 N–H and O–H groups in total. The number of H-pyrrole nitrogens is 1. The van der Waals surface area contributed by atoms with Crippen LogP contribution in [0.25, 0.3) is 0 Å². The van der Waals surface area contributed by atoms with Crippen molar-refractivity contribution < 1.29 is 14.7 Å². The van der Waals surface area contributed by atoms with Gasteiger partial charge in [-0.2, -0.15) is 0 Å². The monoisotopic (exact) mass is 308 g/mol. The molecule has 0 saturated heterocycles. The molecule has 0 fully saturated rings. The number of carbonyl (C=O) groups excluding carboxylic acids is 1. The zero-order valence-electron chi connectivity index (χ0n) is 10.8. The number of amides is 2. The fraction of sp³-hybridized carbons (Fsp3) is 0.154. The normalized spacial score (nSPS) is 11.7. The van der Waals surface area contributed by atoms with Crippen molar-refractivity contribution in [3.05, 3.63) is 47.5 Å². The van der Waals surface area contributed by atoms with Crippen LogP contribution in [0.5, 0.6) is 0 Å². The first-order chi connectivity index (χ1) is 10.0. The van der Waals surface area contributed by atoms with Crippen molar-refractivity contribution in [3.8, 4) is 0 Å². The number of carboxylic acid groups (broad SMARTS) is 1. The van der Waals surface area contributed by atoms with Gasteiger partial charge in [0, 0.05) is 29.0 Å². The fourth-order valence-electron chi connectivity index (χ4n) is 1.67. The van der Waals surface area contributed by atoms with Crippen LogP contribution in [0.4, 0.5) is 10.5 Å². The summed E-state index contributed by atoms with van der Waals surface area (Å²) < 4.78 is 0. The van der Waals surface area contributed by atoms with Gasteiger partial charge in [-0.25, -0.2) is 14.6 Å². The maximum absolute atomic E-state index is 11.8. The maximum atomic E-state index is 11.8. The van der Waals surface area contributed by atoms with E-state index in [0.717, 1.165) is 0 Å². The summed E-state index contributed by atoms with van der Waals surface area (Å²) in [5, 5.41) is 14.6. The predicted octanol–water partition coefficient (Wildman–Crippen LogP) is 1.88. The third-order valence-electron chi connectivity index (χ3n) is 2.68. The van der Waals surface area contributed by atoms with E-state index >= 15 is 0 Å². The van der Waals surface area contributed by atoms with E-state index in [1.165, 1.54) is 12.5 Å². The Morgan fingerprint density at radius 3 is 2.62 bits per heavy atom. The van der Waals surface area contributed by atoms with Crippen LogP contribution in [0.3, 0.4) is 0 Å². The van der Waals surface area contributed by atoms with E-state index in [0.29, 0.717) is 16.4 Å². The van der Waals surface area contributed by atoms with Gasteiger partial charge in [-0.05, 0) is 24.3 Å². The number of anilines is 1. The van der Waals surface area contributed by atoms with Gasteiger partial charge in [-0.3, -0.25) is 0 Å². The number of urea groups is 1. The van der Waals surface area contributed by atoms with Crippen LogP contribution in [0.1, 0.15) is 5.69 Å². The van der Waals surface area contributed by atoms with Gasteiger partial charge in [0.1, 0.15) is 6.04 Å². The van der Waals surface area contributed by atoms with Crippen molar-refractivity contribution in [2.24, 2.45) is 0 Å². The van der Waals surface area contributed by atoms with Crippen molar-refractivity contribution in [3.63, 3.8) is 0 Å². The molecule has 110 valence electrons. The molecule has 1 aromatic carbocycles. The minimum absolute atomic E-state index is 0.114. The number of nitrogens with zero attached hydrogens (tertiary/aromatic N) is 1. The molecule has 7 nitrogen and oxygen atoms in total. The van der Waals surface area contributed by atoms with Crippen LogP contribution in [0.15, 0.2) is 36.8 Å². The van der Waals surface area contributed by atoms with Crippen molar-refractivity contribution in [2.75, 3.05) is 5.32 Å². The molecule has 1 aromatic heterocycles. The molecule has 2 rings (SSSR count). The molecule has 8 heteroatoms. The molecule has 0 bridgehead atoms. The van der Waals surface area contributed by atoms with E-state index in [9.17, 15) is 9.59 Å². The third-order valence-corrected chi connectivity index (χ3v) is 2.94. The molecule has 1 atom stereocenters. The second-order valence-corrected chi connectivity index (χ2v) is 4.71. The lowest BCUT2D eigenvalue weighted by molar-refractivity contribution is -0.139. The quantitative estimate of drug-likeness (QED) is 0.676. The van der Waals surface area contributed by atoms with E-state index in [1.807, 2.05) is 0 Å². The Labute approximate surface area is 125 Å². The van der Waals surface area contributed by atoms with Crippen molar-refractivity contribution in [1.82, 2.24) is 15.3 Å². The molecule has 0 spiro atoms. The van der Waals surface area contributed by atoms with E-state index in [4.69, 9.17) is 16.7 Å². The van der Waals surface area contributed by atoms with Crippen LogP contribution >= 0.6 is 11.6 Å². The molecule has 21 heavy (non-hydrogen) atoms. The van der Waals surface area contributed by atoms with Crippen LogP contribution in [-0.4, -0.2) is 33.1 Å². The zero-order valence-corrected chi connectivity index (χ0v) is 11.6. The highest BCUT2D eigenvalue weighted by molar-refractivity contribution is 6.30. The second-order valence-electron chi connectivity index (χ2n) is 4.28. The molecule has 0 saturated carbocycles. The van der Waals surface area contributed by atoms with Gasteiger partial charge in [0.05, 0.1) is 6.33 Å². The molecule has 2 amide bonds. The van der Waals surface area contributed by atoms with E-state index in [1.54, 1.807) is 24.3 Å². The maximum Gasteiger partial charge on any atom is 0.326 e. The molecule has 0 aliphatic heterocycles. The first kappa shape index (κ1) is 14.9. The number of aliphatic carboxylic acids is 1. The molecular weight excluding hydrogens is 296 g/mol. The lowest BCUT2D eigenvalue weighted by Gasteiger charge is -2.14. The van der Waals surface area contributed by atoms with Gasteiger partial charge in [0.2, 0.25) is 0 Å². The van der Waals surface area contributed by atoms with E-state index in [-0.39, 0.29) is 6.42 Å². The summed E-state index contributed by atoms with van der Waals surface area (Å²) in [5.41, 5.74) is 1.14. The summed E-state index contributed by atoms with van der Waals surface area (Å²) in [6, 6.07) is 4.81. The molecular formula is C13H13ClN4O3. The van der Waals surface area contributed by atoms with Gasteiger partial charge in [0.25, 0.3) is 0 Å². The number of nitrogens with one attached hydrogen (secondary N) is 3. The molecule has 0 aliphatic rings. The molecule has 0 aliphatic carbocycles. The molecule has 1 heterocycles. The van der Waals surface area contributed by atoms with Crippen LogP contribution in [0, 0.1) is 0 Å². The SMILES string of the molecule is O=C(Nc1ccc(Cl)cc1)N[C@H](Cc1cnc[nH]1)C(=O)O. The summed E-state index contributed by atoms with van der Waals surface area (Å²) in [4.78, 5) is 29.6. The smallest absolute Gasteiger partial charge is 0.326 e. The number of hydrogen-bond acceptors (Lipinski definition) is 3. The number of halogens is 1. The summed E-state index contributed by atoms with van der Waals surface area (Å²) in [5.74, 6) is -1.13. The topological polar surface area (TPSA) is 107 Å². The number of aromatic nitrogens is 2. The van der Waals surface area contributed by atoms with Crippen LogP contribution in [-0.2, 0) is 11.2 Å². The number of aromatic amines is 1. The van der Waals surface area contributed by atoms with Crippen molar-refractivity contribution >= 4 is 29.3 Å². The van der Waals surface area contributed by atoms with Gasteiger partial charge in [-0.1, -0.05) is 11.6 Å². The summed E-state index contributed by atoms with van der Waals surface area (Å²) in [6.07, 6.45) is 3.07. The summed E-state index contributed by atoms with van der Waals surface area (Å²) in [7, 11) is 0. The molecule has 0 radical (unpaired) electrons. The Kier molecular flexibility index (Phi) is 4.78. The summed E-state index contributed by atoms with van der Waals surface area (Å²) in [6.45, 7) is 0. The second kappa shape index (κ2) is 6.76. The third kappa shape index (κ3) is 4.50. The number of imidazole rings is 1. The standard InChI is InChI=1S/C13H13ClN4O3/c14-8-1-3-9(4-2-8)17-13(21)18-11(12(19)20)5-10-6-15-7-16-10/h1-4,6-7,11H,5H2,(H,15,16)(H,19,20)(H2,17,18,21)/t11-/m1/s1. The minimum Gasteiger partial charge on any atom is -0.480 e. The highest BCUT2D eigenvalue weighted by Gasteiger charge is 2.21. The Bertz CT molecular complexity index is 613. The van der Waals surface area contributed by atoms with E-state index in [2.05, 4.69) is 20.6 Å². The first-order valence-electron chi connectivity index (χ1n) is 6.08. The van der Waals surface area contributed by atoms with Crippen molar-refractivity contribution in [2.45, 2.75) is 12.5 Å². The number of hydrogen-bond donors (Lipinski definition) is 4. The van der Waals surface area contributed by atoms with Crippen LogP contribution in [0.2, 0.25) is 5.02 Å². The average molecular weight is 309 g/mol. The van der Waals surface area contributed by atoms with E-state index < -0.39 is 18.0 Å². The van der Waals surface area contributed by atoms with Crippen LogP contribution < -0.4 is 10.6 Å². The largest absolute Gasteiger partial charge is 0.480 e. The van der Waals surface area contributed by atoms with Crippen molar-refractivity contribution in [1.29, 1.82) is 0 Å². The zero-order chi connectivity index (χ0) is 15.2. The number of rotatable bonds is 5. The lowest BCUT2D eigenvalue weighted by Crippen LogP contribution is -2.44. The Hall–Kier alpha value is -2.54. The fourth-order valence-corrected chi connectivity index (χ4v) is 1.80. The highest BCUT2D eigenvalue weighted by atomic mass is 35.5. The lowest BCUT2D eigenvalue weighted by atomic mass is 10.2. The number of carboxylic acids is 1. The number of benzene rings is 1. The Morgan fingerprint density at radius 1 is 1.33 bits per heavy atom. The highest BCUT2D eigenvalue weighted by Crippen LogP contribution is 2.13. The average Bonchev–Trinajstić information content (AvgIpc) is 2.93. The number of carbonyl (C=O) groups is 2. The molecule has 0 unspecified atom stereocenters. The summed E-state index contributed by atoms with van der Waals surface area (Å²) >= 11 is 5.74. The van der Waals surface area contributed by atoms with Gasteiger partial charge >= 0.3 is 12.0 Å². The van der Waals surface area contributed by atoms with Gasteiger partial charge in [-0.15, -0.1) is 0 Å². The van der Waals surface area contributed by atoms with Gasteiger partial charge < -0.3 is 20.7 Å². The first-order valence-corrected chi connectivity index (χ1v) is 6.45. The Morgan fingerprint density at radius 2 is 2.05 bits per heavy atom. The van der Waals surface area contributed by atoms with Gasteiger partial charge in [0.15, 0.2) is 0 Å². The minimum atomic E-state index is -1.13. The predicted molar refractivity (Wildman–Crippen MR) is 77.3 cm³/mol. The Balaban J connectivity index is 1.95.